The van der Waals surface area contributed by atoms with Crippen molar-refractivity contribution in [2.45, 2.75) is 13.8 Å². The molecule has 1 N–H and O–H groups in total. The maximum absolute atomic E-state index is 10.5. The molecule has 0 bridgehead atoms. The minimum Gasteiger partial charge on any atom is -0.478 e. The van der Waals surface area contributed by atoms with Gasteiger partial charge in [0.15, 0.2) is 0 Å². The van der Waals surface area contributed by atoms with E-state index in [0.717, 1.165) is 28.6 Å². The summed E-state index contributed by atoms with van der Waals surface area (Å²) in [7, 11) is 0. The van der Waals surface area contributed by atoms with E-state index < -0.39 is 5.97 Å². The van der Waals surface area contributed by atoms with Crippen LogP contribution in [0.3, 0.4) is 0 Å². The van der Waals surface area contributed by atoms with Crippen LogP contribution in [0, 0.1) is 13.8 Å². The lowest BCUT2D eigenvalue weighted by Crippen LogP contribution is -1.99. The molecule has 4 nitrogen and oxygen atoms in total. The average Bonchev–Trinajstić information content (AvgIpc) is 2.68. The molecule has 18 heavy (non-hydrogen) atoms. The van der Waals surface area contributed by atoms with Crippen LogP contribution in [0.2, 0.25) is 0 Å². The topological polar surface area (TPSA) is 55.1 Å². The van der Waals surface area contributed by atoms with Crippen LogP contribution in [0.25, 0.3) is 11.8 Å². The second-order valence-corrected chi connectivity index (χ2v) is 4.11. The molecular weight excluding hydrogens is 228 g/mol. The second-order valence-electron chi connectivity index (χ2n) is 4.11. The SMILES string of the molecule is Cc1cccc(-n2ncc(/C=C/C(=O)O)c2C)c1. The van der Waals surface area contributed by atoms with Crippen LogP contribution in [0.4, 0.5) is 0 Å². The molecule has 92 valence electrons. The predicted molar refractivity (Wildman–Crippen MR) is 69.7 cm³/mol. The van der Waals surface area contributed by atoms with Gasteiger partial charge in [-0.1, -0.05) is 12.1 Å². The molecule has 0 fully saturated rings. The van der Waals surface area contributed by atoms with E-state index in [4.69, 9.17) is 5.11 Å². The summed E-state index contributed by atoms with van der Waals surface area (Å²) in [5.41, 5.74) is 3.85. The zero-order valence-electron chi connectivity index (χ0n) is 10.3. The lowest BCUT2D eigenvalue weighted by molar-refractivity contribution is -0.131. The number of aromatic nitrogens is 2. The molecule has 1 aromatic carbocycles. The van der Waals surface area contributed by atoms with Crippen molar-refractivity contribution >= 4 is 12.0 Å². The van der Waals surface area contributed by atoms with E-state index in [1.165, 1.54) is 0 Å². The minimum atomic E-state index is -0.960. The molecule has 0 aliphatic carbocycles. The molecule has 0 amide bonds. The van der Waals surface area contributed by atoms with E-state index in [2.05, 4.69) is 5.10 Å². The molecule has 0 atom stereocenters. The summed E-state index contributed by atoms with van der Waals surface area (Å²) in [4.78, 5) is 10.5. The number of nitrogens with zero attached hydrogens (tertiary/aromatic N) is 2. The van der Waals surface area contributed by atoms with Gasteiger partial charge in [0.2, 0.25) is 0 Å². The summed E-state index contributed by atoms with van der Waals surface area (Å²) in [6, 6.07) is 7.99. The van der Waals surface area contributed by atoms with Gasteiger partial charge in [0.1, 0.15) is 0 Å². The Hall–Kier alpha value is -2.36. The third-order valence-corrected chi connectivity index (χ3v) is 2.70. The van der Waals surface area contributed by atoms with Crippen LogP contribution in [-0.2, 0) is 4.79 Å². The number of rotatable bonds is 3. The Morgan fingerprint density at radius 1 is 1.39 bits per heavy atom. The maximum atomic E-state index is 10.5. The van der Waals surface area contributed by atoms with E-state index in [0.29, 0.717) is 0 Å². The van der Waals surface area contributed by atoms with Gasteiger partial charge >= 0.3 is 5.97 Å². The number of carboxylic acid groups (broad SMARTS) is 1. The molecule has 2 rings (SSSR count). The Morgan fingerprint density at radius 2 is 2.17 bits per heavy atom. The van der Waals surface area contributed by atoms with Crippen molar-refractivity contribution in [3.63, 3.8) is 0 Å². The Balaban J connectivity index is 2.39. The molecule has 4 heteroatoms. The number of benzene rings is 1. The molecule has 0 aliphatic rings. The summed E-state index contributed by atoms with van der Waals surface area (Å²) >= 11 is 0. The Morgan fingerprint density at radius 3 is 2.83 bits per heavy atom. The third-order valence-electron chi connectivity index (χ3n) is 2.70. The molecule has 1 heterocycles. The van der Waals surface area contributed by atoms with Crippen LogP contribution >= 0.6 is 0 Å². The first kappa shape index (κ1) is 12.1. The number of aliphatic carboxylic acids is 1. The van der Waals surface area contributed by atoms with Crippen LogP contribution in [0.15, 0.2) is 36.5 Å². The number of hydrogen-bond donors (Lipinski definition) is 1. The molecule has 0 radical (unpaired) electrons. The standard InChI is InChI=1S/C14H14N2O2/c1-10-4-3-5-13(8-10)16-11(2)12(9-15-16)6-7-14(17)18/h3-9H,1-2H3,(H,17,18)/b7-6+. The molecule has 0 unspecified atom stereocenters. The lowest BCUT2D eigenvalue weighted by Gasteiger charge is -2.05. The molecule has 0 aliphatic heterocycles. The van der Waals surface area contributed by atoms with Crippen molar-refractivity contribution in [3.05, 3.63) is 53.4 Å². The largest absolute Gasteiger partial charge is 0.478 e. The summed E-state index contributed by atoms with van der Waals surface area (Å²) < 4.78 is 1.80. The Kier molecular flexibility index (Phi) is 3.28. The summed E-state index contributed by atoms with van der Waals surface area (Å²) in [5, 5.41) is 12.9. The van der Waals surface area contributed by atoms with E-state index >= 15 is 0 Å². The average molecular weight is 242 g/mol. The predicted octanol–water partition coefficient (Wildman–Crippen LogP) is 2.59. The van der Waals surface area contributed by atoms with Crippen molar-refractivity contribution in [1.82, 2.24) is 9.78 Å². The fourth-order valence-corrected chi connectivity index (χ4v) is 1.77. The molecule has 0 saturated carbocycles. The highest BCUT2D eigenvalue weighted by atomic mass is 16.4. The Bertz CT molecular complexity index is 612. The number of aryl methyl sites for hydroxylation is 1. The van der Waals surface area contributed by atoms with Gasteiger partial charge in [0.05, 0.1) is 11.9 Å². The number of hydrogen-bond acceptors (Lipinski definition) is 2. The summed E-state index contributed by atoms with van der Waals surface area (Å²) in [6.45, 7) is 3.93. The zero-order chi connectivity index (χ0) is 13.1. The fourth-order valence-electron chi connectivity index (χ4n) is 1.77. The van der Waals surface area contributed by atoms with E-state index in [9.17, 15) is 4.79 Å². The van der Waals surface area contributed by atoms with Crippen LogP contribution in [-0.4, -0.2) is 20.9 Å². The molecule has 0 spiro atoms. The van der Waals surface area contributed by atoms with Crippen molar-refractivity contribution in [1.29, 1.82) is 0 Å². The lowest BCUT2D eigenvalue weighted by atomic mass is 10.2. The molecular formula is C14H14N2O2. The van der Waals surface area contributed by atoms with Crippen LogP contribution < -0.4 is 0 Å². The van der Waals surface area contributed by atoms with E-state index in [-0.39, 0.29) is 0 Å². The highest BCUT2D eigenvalue weighted by molar-refractivity contribution is 5.85. The highest BCUT2D eigenvalue weighted by Crippen LogP contribution is 2.16. The number of carboxylic acids is 1. The highest BCUT2D eigenvalue weighted by Gasteiger charge is 2.06. The summed E-state index contributed by atoms with van der Waals surface area (Å²) in [6.07, 6.45) is 4.33. The third kappa shape index (κ3) is 2.48. The first-order chi connectivity index (χ1) is 8.58. The van der Waals surface area contributed by atoms with Crippen LogP contribution in [0.1, 0.15) is 16.8 Å². The van der Waals surface area contributed by atoms with Gasteiger partial charge in [-0.3, -0.25) is 0 Å². The minimum absolute atomic E-state index is 0.805. The summed E-state index contributed by atoms with van der Waals surface area (Å²) in [5.74, 6) is -0.960. The van der Waals surface area contributed by atoms with Crippen LogP contribution in [0.5, 0.6) is 0 Å². The molecule has 0 saturated heterocycles. The normalized spacial score (nSPS) is 11.0. The first-order valence-corrected chi connectivity index (χ1v) is 5.60. The van der Waals surface area contributed by atoms with Crippen molar-refractivity contribution < 1.29 is 9.90 Å². The van der Waals surface area contributed by atoms with Gasteiger partial charge in [-0.15, -0.1) is 0 Å². The van der Waals surface area contributed by atoms with Gasteiger partial charge in [-0.25, -0.2) is 9.48 Å². The monoisotopic (exact) mass is 242 g/mol. The molecule has 2 aromatic rings. The van der Waals surface area contributed by atoms with Gasteiger partial charge < -0.3 is 5.11 Å². The fraction of sp³-hybridized carbons (Fsp3) is 0.143. The van der Waals surface area contributed by atoms with E-state index in [1.807, 2.05) is 38.1 Å². The quantitative estimate of drug-likeness (QED) is 0.842. The Labute approximate surface area is 105 Å². The van der Waals surface area contributed by atoms with Crippen molar-refractivity contribution in [2.24, 2.45) is 0 Å². The second kappa shape index (κ2) is 4.87. The smallest absolute Gasteiger partial charge is 0.328 e. The van der Waals surface area contributed by atoms with Gasteiger partial charge in [0.25, 0.3) is 0 Å². The molecule has 1 aromatic heterocycles. The van der Waals surface area contributed by atoms with Gasteiger partial charge in [-0.2, -0.15) is 5.10 Å². The van der Waals surface area contributed by atoms with Gasteiger partial charge in [0, 0.05) is 17.3 Å². The van der Waals surface area contributed by atoms with E-state index in [1.54, 1.807) is 17.0 Å². The van der Waals surface area contributed by atoms with Crippen molar-refractivity contribution in [2.75, 3.05) is 0 Å². The van der Waals surface area contributed by atoms with Crippen molar-refractivity contribution in [3.8, 4) is 5.69 Å². The van der Waals surface area contributed by atoms with Gasteiger partial charge in [-0.05, 0) is 37.6 Å². The maximum Gasteiger partial charge on any atom is 0.328 e. The number of carbonyl (C=O) groups is 1. The first-order valence-electron chi connectivity index (χ1n) is 5.60. The zero-order valence-corrected chi connectivity index (χ0v) is 10.3.